The number of para-hydroxylation sites is 1. The first-order valence-electron chi connectivity index (χ1n) is 7.65. The van der Waals surface area contributed by atoms with Gasteiger partial charge < -0.3 is 10.6 Å². The Morgan fingerprint density at radius 1 is 0.714 bits per heavy atom. The van der Waals surface area contributed by atoms with Crippen molar-refractivity contribution in [1.29, 1.82) is 0 Å². The number of hydrogen-bond acceptors (Lipinski definition) is 2. The zero-order valence-corrected chi connectivity index (χ0v) is 12.1. The Bertz CT molecular complexity index is 553. The molecule has 0 saturated heterocycles. The third kappa shape index (κ3) is 3.75. The fourth-order valence-electron chi connectivity index (χ4n) is 2.99. The van der Waals surface area contributed by atoms with Gasteiger partial charge in [-0.15, -0.1) is 0 Å². The summed E-state index contributed by atoms with van der Waals surface area (Å²) in [4.78, 5) is 0. The van der Waals surface area contributed by atoms with Crippen LogP contribution in [0.15, 0.2) is 54.6 Å². The molecule has 0 unspecified atom stereocenters. The molecule has 2 aromatic rings. The molecule has 2 aromatic carbocycles. The second-order valence-corrected chi connectivity index (χ2v) is 5.66. The molecule has 0 radical (unpaired) electrons. The van der Waals surface area contributed by atoms with Crippen molar-refractivity contribution < 1.29 is 4.39 Å². The van der Waals surface area contributed by atoms with E-state index >= 15 is 0 Å². The van der Waals surface area contributed by atoms with Crippen LogP contribution in [0.2, 0.25) is 0 Å². The van der Waals surface area contributed by atoms with Crippen molar-refractivity contribution in [3.05, 3.63) is 60.4 Å². The lowest BCUT2D eigenvalue weighted by Gasteiger charge is -2.34. The van der Waals surface area contributed by atoms with Gasteiger partial charge >= 0.3 is 0 Å². The van der Waals surface area contributed by atoms with Crippen LogP contribution in [-0.4, -0.2) is 12.1 Å². The molecular weight excluding hydrogens is 263 g/mol. The predicted molar refractivity (Wildman–Crippen MR) is 86.1 cm³/mol. The Hall–Kier alpha value is -2.03. The number of benzene rings is 2. The molecule has 1 saturated carbocycles. The number of halogens is 1. The first-order chi connectivity index (χ1) is 10.3. The molecule has 1 fully saturated rings. The predicted octanol–water partition coefficient (Wildman–Crippen LogP) is 4.66. The molecule has 2 atom stereocenters. The van der Waals surface area contributed by atoms with Crippen molar-refractivity contribution in [3.8, 4) is 0 Å². The molecule has 0 heterocycles. The van der Waals surface area contributed by atoms with Crippen molar-refractivity contribution in [3.63, 3.8) is 0 Å². The second kappa shape index (κ2) is 6.61. The maximum atomic E-state index is 13.0. The fourth-order valence-corrected chi connectivity index (χ4v) is 2.99. The van der Waals surface area contributed by atoms with Gasteiger partial charge in [-0.25, -0.2) is 4.39 Å². The van der Waals surface area contributed by atoms with Crippen LogP contribution < -0.4 is 10.6 Å². The highest BCUT2D eigenvalue weighted by Crippen LogP contribution is 2.25. The quantitative estimate of drug-likeness (QED) is 0.853. The van der Waals surface area contributed by atoms with Gasteiger partial charge in [-0.05, 0) is 49.2 Å². The van der Waals surface area contributed by atoms with Crippen molar-refractivity contribution in [2.45, 2.75) is 37.8 Å². The zero-order valence-electron chi connectivity index (χ0n) is 12.1. The van der Waals surface area contributed by atoms with E-state index in [1.807, 2.05) is 30.3 Å². The van der Waals surface area contributed by atoms with E-state index in [2.05, 4.69) is 22.8 Å². The Morgan fingerprint density at radius 3 is 1.81 bits per heavy atom. The van der Waals surface area contributed by atoms with E-state index in [0.717, 1.165) is 24.2 Å². The van der Waals surface area contributed by atoms with E-state index < -0.39 is 0 Å². The molecule has 0 amide bonds. The highest BCUT2D eigenvalue weighted by molar-refractivity contribution is 5.47. The minimum absolute atomic E-state index is 0.192. The summed E-state index contributed by atoms with van der Waals surface area (Å²) in [6.45, 7) is 0. The smallest absolute Gasteiger partial charge is 0.123 e. The number of rotatable bonds is 4. The van der Waals surface area contributed by atoms with Gasteiger partial charge in [0.25, 0.3) is 0 Å². The molecule has 2 N–H and O–H groups in total. The van der Waals surface area contributed by atoms with Gasteiger partial charge in [0.2, 0.25) is 0 Å². The lowest BCUT2D eigenvalue weighted by Crippen LogP contribution is -2.41. The van der Waals surface area contributed by atoms with Gasteiger partial charge in [0.05, 0.1) is 0 Å². The first kappa shape index (κ1) is 13.9. The summed E-state index contributed by atoms with van der Waals surface area (Å²) in [7, 11) is 0. The van der Waals surface area contributed by atoms with E-state index in [4.69, 9.17) is 0 Å². The van der Waals surface area contributed by atoms with Crippen LogP contribution >= 0.6 is 0 Å². The maximum absolute atomic E-state index is 13.0. The Labute approximate surface area is 125 Å². The van der Waals surface area contributed by atoms with E-state index in [1.165, 1.54) is 25.0 Å². The van der Waals surface area contributed by atoms with E-state index in [-0.39, 0.29) is 5.82 Å². The van der Waals surface area contributed by atoms with Crippen LogP contribution in [-0.2, 0) is 0 Å². The number of nitrogens with one attached hydrogen (secondary N) is 2. The van der Waals surface area contributed by atoms with Crippen molar-refractivity contribution in [2.75, 3.05) is 10.6 Å². The molecule has 3 heteroatoms. The Balaban J connectivity index is 1.68. The summed E-state index contributed by atoms with van der Waals surface area (Å²) < 4.78 is 13.0. The van der Waals surface area contributed by atoms with Crippen LogP contribution in [0.3, 0.4) is 0 Å². The molecule has 1 aliphatic carbocycles. The summed E-state index contributed by atoms with van der Waals surface area (Å²) in [5.74, 6) is -0.192. The van der Waals surface area contributed by atoms with Gasteiger partial charge in [-0.1, -0.05) is 31.0 Å². The van der Waals surface area contributed by atoms with Crippen LogP contribution in [0.4, 0.5) is 15.8 Å². The van der Waals surface area contributed by atoms with Crippen molar-refractivity contribution >= 4 is 11.4 Å². The molecule has 110 valence electrons. The maximum Gasteiger partial charge on any atom is 0.123 e. The van der Waals surface area contributed by atoms with E-state index in [9.17, 15) is 4.39 Å². The summed E-state index contributed by atoms with van der Waals surface area (Å²) >= 11 is 0. The van der Waals surface area contributed by atoms with Crippen LogP contribution in [0.25, 0.3) is 0 Å². The summed E-state index contributed by atoms with van der Waals surface area (Å²) in [6.07, 6.45) is 4.80. The third-order valence-corrected chi connectivity index (χ3v) is 4.09. The van der Waals surface area contributed by atoms with Crippen LogP contribution in [0.1, 0.15) is 25.7 Å². The molecule has 2 nitrogen and oxygen atoms in total. The molecular formula is C18H21FN2. The molecule has 0 spiro atoms. The molecule has 0 aliphatic heterocycles. The largest absolute Gasteiger partial charge is 0.380 e. The SMILES string of the molecule is Fc1ccc(N[C@H]2CCCC[C@@H]2Nc2ccccc2)cc1. The molecule has 3 rings (SSSR count). The van der Waals surface area contributed by atoms with E-state index in [1.54, 1.807) is 0 Å². The summed E-state index contributed by atoms with van der Waals surface area (Å²) in [5.41, 5.74) is 2.15. The van der Waals surface area contributed by atoms with Gasteiger partial charge in [0.15, 0.2) is 0 Å². The molecule has 1 aliphatic rings. The normalized spacial score (nSPS) is 21.8. The fraction of sp³-hybridized carbons (Fsp3) is 0.333. The Morgan fingerprint density at radius 2 is 1.24 bits per heavy atom. The highest BCUT2D eigenvalue weighted by atomic mass is 19.1. The summed E-state index contributed by atoms with van der Waals surface area (Å²) in [5, 5.41) is 7.18. The van der Waals surface area contributed by atoms with Gasteiger partial charge in [0, 0.05) is 23.5 Å². The monoisotopic (exact) mass is 284 g/mol. The Kier molecular flexibility index (Phi) is 4.39. The van der Waals surface area contributed by atoms with Gasteiger partial charge in [0.1, 0.15) is 5.82 Å². The molecule has 0 bridgehead atoms. The van der Waals surface area contributed by atoms with Crippen LogP contribution in [0.5, 0.6) is 0 Å². The first-order valence-corrected chi connectivity index (χ1v) is 7.65. The van der Waals surface area contributed by atoms with E-state index in [0.29, 0.717) is 12.1 Å². The number of anilines is 2. The highest BCUT2D eigenvalue weighted by Gasteiger charge is 2.24. The zero-order chi connectivity index (χ0) is 14.5. The molecule has 21 heavy (non-hydrogen) atoms. The minimum atomic E-state index is -0.192. The van der Waals surface area contributed by atoms with Gasteiger partial charge in [-0.3, -0.25) is 0 Å². The summed E-state index contributed by atoms with van der Waals surface area (Å²) in [6, 6.07) is 17.7. The molecule has 0 aromatic heterocycles. The van der Waals surface area contributed by atoms with Crippen LogP contribution in [0, 0.1) is 5.82 Å². The lowest BCUT2D eigenvalue weighted by molar-refractivity contribution is 0.424. The average Bonchev–Trinajstić information content (AvgIpc) is 2.52. The number of hydrogen-bond donors (Lipinski definition) is 2. The average molecular weight is 284 g/mol. The van der Waals surface area contributed by atoms with Crippen molar-refractivity contribution in [2.24, 2.45) is 0 Å². The lowest BCUT2D eigenvalue weighted by atomic mass is 9.90. The minimum Gasteiger partial charge on any atom is -0.380 e. The van der Waals surface area contributed by atoms with Crippen molar-refractivity contribution in [1.82, 2.24) is 0 Å². The second-order valence-electron chi connectivity index (χ2n) is 5.66. The topological polar surface area (TPSA) is 24.1 Å². The third-order valence-electron chi connectivity index (χ3n) is 4.09. The van der Waals surface area contributed by atoms with Gasteiger partial charge in [-0.2, -0.15) is 0 Å². The standard InChI is InChI=1S/C18H21FN2/c19-14-10-12-16(13-11-14)21-18-9-5-4-8-17(18)20-15-6-2-1-3-7-15/h1-3,6-7,10-13,17-18,20-21H,4-5,8-9H2/t17-,18-/m0/s1.